The summed E-state index contributed by atoms with van der Waals surface area (Å²) in [7, 11) is 0. The monoisotopic (exact) mass is 264 g/mol. The third-order valence-corrected chi connectivity index (χ3v) is 6.00. The maximum atomic E-state index is 6.72. The van der Waals surface area contributed by atoms with E-state index < -0.39 is 0 Å². The minimum Gasteiger partial charge on any atom is -0.319 e. The highest BCUT2D eigenvalue weighted by atomic mass is 32.1. The lowest BCUT2D eigenvalue weighted by Gasteiger charge is -2.36. The highest BCUT2D eigenvalue weighted by molar-refractivity contribution is 7.11. The first-order valence-electron chi connectivity index (χ1n) is 7.38. The van der Waals surface area contributed by atoms with Gasteiger partial charge in [-0.1, -0.05) is 19.8 Å². The largest absolute Gasteiger partial charge is 0.319 e. The van der Waals surface area contributed by atoms with Crippen LogP contribution in [-0.2, 0) is 12.0 Å². The normalized spacial score (nSPS) is 32.7. The maximum absolute atomic E-state index is 6.72. The molecule has 0 amide bonds. The Morgan fingerprint density at radius 2 is 2.11 bits per heavy atom. The van der Waals surface area contributed by atoms with E-state index in [1.165, 1.54) is 47.7 Å². The smallest absolute Gasteiger partial charge is 0.113 e. The second-order valence-corrected chi connectivity index (χ2v) is 7.43. The first-order chi connectivity index (χ1) is 8.62. The number of nitrogens with two attached hydrogens (primary N) is 1. The molecular formula is C15H24N2S. The van der Waals surface area contributed by atoms with Crippen LogP contribution in [0.5, 0.6) is 0 Å². The summed E-state index contributed by atoms with van der Waals surface area (Å²) in [5.74, 6) is 1.86. The number of aryl methyl sites for hydroxylation is 2. The van der Waals surface area contributed by atoms with Crippen LogP contribution in [0.1, 0.15) is 61.0 Å². The number of rotatable bonds is 3. The predicted octanol–water partition coefficient (Wildman–Crippen LogP) is 3.77. The second kappa shape index (κ2) is 4.61. The summed E-state index contributed by atoms with van der Waals surface area (Å²) >= 11 is 1.84. The van der Waals surface area contributed by atoms with Gasteiger partial charge in [0.05, 0.1) is 11.2 Å². The van der Waals surface area contributed by atoms with E-state index >= 15 is 0 Å². The zero-order valence-corrected chi connectivity index (χ0v) is 12.4. The zero-order valence-electron chi connectivity index (χ0n) is 11.5. The molecule has 3 rings (SSSR count). The van der Waals surface area contributed by atoms with Crippen molar-refractivity contribution in [2.24, 2.45) is 17.6 Å². The maximum Gasteiger partial charge on any atom is 0.113 e. The molecule has 2 unspecified atom stereocenters. The van der Waals surface area contributed by atoms with E-state index in [0.29, 0.717) is 0 Å². The molecule has 2 N–H and O–H groups in total. The highest BCUT2D eigenvalue weighted by Gasteiger charge is 2.42. The minimum absolute atomic E-state index is 0.117. The van der Waals surface area contributed by atoms with Crippen LogP contribution >= 0.6 is 11.3 Å². The summed E-state index contributed by atoms with van der Waals surface area (Å²) in [5.41, 5.74) is 7.86. The van der Waals surface area contributed by atoms with E-state index in [9.17, 15) is 0 Å². The van der Waals surface area contributed by atoms with Crippen LogP contribution in [0, 0.1) is 18.8 Å². The molecule has 0 bridgehead atoms. The van der Waals surface area contributed by atoms with Gasteiger partial charge in [0.1, 0.15) is 5.01 Å². The van der Waals surface area contributed by atoms with E-state index in [2.05, 4.69) is 13.8 Å². The van der Waals surface area contributed by atoms with Crippen molar-refractivity contribution in [3.63, 3.8) is 0 Å². The van der Waals surface area contributed by atoms with Gasteiger partial charge in [-0.05, 0) is 50.9 Å². The molecule has 2 saturated carbocycles. The third-order valence-electron chi connectivity index (χ3n) is 4.77. The predicted molar refractivity (Wildman–Crippen MR) is 76.8 cm³/mol. The Kier molecular flexibility index (Phi) is 3.23. The molecular weight excluding hydrogens is 240 g/mol. The molecule has 18 heavy (non-hydrogen) atoms. The Balaban J connectivity index is 1.83. The standard InChI is InChI=1S/C15H24N2S/c1-3-13-10(2)18-14(17-13)15(16)8-4-5-12(9-15)11-6-7-11/h11-12H,3-9,16H2,1-2H3. The quantitative estimate of drug-likeness (QED) is 0.902. The molecule has 0 aliphatic heterocycles. The average molecular weight is 264 g/mol. The van der Waals surface area contributed by atoms with Crippen molar-refractivity contribution < 1.29 is 0 Å². The van der Waals surface area contributed by atoms with Crippen molar-refractivity contribution in [3.05, 3.63) is 15.6 Å². The SMILES string of the molecule is CCc1nc(C2(N)CCCC(C3CC3)C2)sc1C. The van der Waals surface area contributed by atoms with E-state index in [1.807, 2.05) is 11.3 Å². The Bertz CT molecular complexity index is 436. The van der Waals surface area contributed by atoms with Crippen molar-refractivity contribution in [1.82, 2.24) is 4.98 Å². The van der Waals surface area contributed by atoms with Crippen LogP contribution in [0.2, 0.25) is 0 Å². The van der Waals surface area contributed by atoms with Crippen LogP contribution in [-0.4, -0.2) is 4.98 Å². The zero-order chi connectivity index (χ0) is 12.8. The van der Waals surface area contributed by atoms with E-state index in [1.54, 1.807) is 0 Å². The van der Waals surface area contributed by atoms with Gasteiger partial charge in [0.2, 0.25) is 0 Å². The average Bonchev–Trinajstić information content (AvgIpc) is 3.13. The van der Waals surface area contributed by atoms with Gasteiger partial charge in [-0.25, -0.2) is 4.98 Å². The molecule has 1 heterocycles. The van der Waals surface area contributed by atoms with E-state index in [4.69, 9.17) is 10.7 Å². The van der Waals surface area contributed by atoms with Crippen molar-refractivity contribution in [2.75, 3.05) is 0 Å². The van der Waals surface area contributed by atoms with Crippen LogP contribution in [0.25, 0.3) is 0 Å². The fourth-order valence-electron chi connectivity index (χ4n) is 3.48. The molecule has 2 aliphatic carbocycles. The van der Waals surface area contributed by atoms with Gasteiger partial charge >= 0.3 is 0 Å². The Morgan fingerprint density at radius 3 is 2.72 bits per heavy atom. The summed E-state index contributed by atoms with van der Waals surface area (Å²) in [6, 6.07) is 0. The van der Waals surface area contributed by atoms with Gasteiger partial charge in [0, 0.05) is 4.88 Å². The summed E-state index contributed by atoms with van der Waals surface area (Å²) in [6.07, 6.45) is 8.91. The number of hydrogen-bond acceptors (Lipinski definition) is 3. The third kappa shape index (κ3) is 2.23. The van der Waals surface area contributed by atoms with Crippen molar-refractivity contribution >= 4 is 11.3 Å². The fraction of sp³-hybridized carbons (Fsp3) is 0.800. The summed E-state index contributed by atoms with van der Waals surface area (Å²) < 4.78 is 0. The molecule has 2 atom stereocenters. The summed E-state index contributed by atoms with van der Waals surface area (Å²) in [5, 5.41) is 1.21. The molecule has 100 valence electrons. The topological polar surface area (TPSA) is 38.9 Å². The lowest BCUT2D eigenvalue weighted by molar-refractivity contribution is 0.206. The van der Waals surface area contributed by atoms with Gasteiger partial charge in [-0.15, -0.1) is 11.3 Å². The van der Waals surface area contributed by atoms with Gasteiger partial charge in [-0.2, -0.15) is 0 Å². The molecule has 2 fully saturated rings. The van der Waals surface area contributed by atoms with E-state index in [0.717, 1.165) is 24.7 Å². The minimum atomic E-state index is -0.117. The van der Waals surface area contributed by atoms with Crippen LogP contribution in [0.4, 0.5) is 0 Å². The molecule has 0 saturated heterocycles. The lowest BCUT2D eigenvalue weighted by atomic mass is 9.74. The molecule has 1 aromatic rings. The number of hydrogen-bond donors (Lipinski definition) is 1. The van der Waals surface area contributed by atoms with Gasteiger partial charge in [0.15, 0.2) is 0 Å². The summed E-state index contributed by atoms with van der Waals surface area (Å²) in [6.45, 7) is 4.37. The van der Waals surface area contributed by atoms with Crippen LogP contribution in [0.15, 0.2) is 0 Å². The number of nitrogens with zero attached hydrogens (tertiary/aromatic N) is 1. The van der Waals surface area contributed by atoms with Gasteiger partial charge in [0.25, 0.3) is 0 Å². The molecule has 0 spiro atoms. The number of aromatic nitrogens is 1. The molecule has 0 aromatic carbocycles. The first kappa shape index (κ1) is 12.6. The fourth-order valence-corrected chi connectivity index (χ4v) is 4.63. The van der Waals surface area contributed by atoms with Crippen molar-refractivity contribution in [1.29, 1.82) is 0 Å². The molecule has 1 aromatic heterocycles. The van der Waals surface area contributed by atoms with Gasteiger partial charge < -0.3 is 5.73 Å². The Labute approximate surface area is 114 Å². The Hall–Kier alpha value is -0.410. The highest BCUT2D eigenvalue weighted by Crippen LogP contribution is 2.49. The van der Waals surface area contributed by atoms with Crippen LogP contribution in [0.3, 0.4) is 0 Å². The van der Waals surface area contributed by atoms with E-state index in [-0.39, 0.29) is 5.54 Å². The molecule has 2 aliphatic rings. The molecule has 0 radical (unpaired) electrons. The molecule has 2 nitrogen and oxygen atoms in total. The van der Waals surface area contributed by atoms with Crippen molar-refractivity contribution in [3.8, 4) is 0 Å². The second-order valence-electron chi connectivity index (χ2n) is 6.23. The number of thiazole rings is 1. The summed E-state index contributed by atoms with van der Waals surface area (Å²) in [4.78, 5) is 6.20. The Morgan fingerprint density at radius 1 is 1.33 bits per heavy atom. The van der Waals surface area contributed by atoms with Crippen LogP contribution < -0.4 is 5.73 Å². The van der Waals surface area contributed by atoms with Gasteiger partial charge in [-0.3, -0.25) is 0 Å². The first-order valence-corrected chi connectivity index (χ1v) is 8.19. The lowest BCUT2D eigenvalue weighted by Crippen LogP contribution is -2.41. The van der Waals surface area contributed by atoms with Crippen molar-refractivity contribution in [2.45, 2.75) is 64.3 Å². The molecule has 3 heteroatoms.